The molecule has 0 saturated heterocycles. The fourth-order valence-electron chi connectivity index (χ4n) is 2.24. The highest BCUT2D eigenvalue weighted by Gasteiger charge is 2.09. The summed E-state index contributed by atoms with van der Waals surface area (Å²) >= 11 is 2.98. The summed E-state index contributed by atoms with van der Waals surface area (Å²) in [5.41, 5.74) is 2.09. The topological polar surface area (TPSA) is 71.1 Å². The van der Waals surface area contributed by atoms with Crippen molar-refractivity contribution in [2.75, 3.05) is 17.6 Å². The summed E-state index contributed by atoms with van der Waals surface area (Å²) in [6.07, 6.45) is 0. The molecule has 3 rings (SSSR count). The molecule has 0 radical (unpaired) electrons. The van der Waals surface area contributed by atoms with Gasteiger partial charge >= 0.3 is 0 Å². The van der Waals surface area contributed by atoms with Crippen LogP contribution < -0.4 is 10.6 Å². The van der Waals surface area contributed by atoms with Gasteiger partial charge in [0.15, 0.2) is 4.34 Å². The first-order valence-electron chi connectivity index (χ1n) is 7.82. The van der Waals surface area contributed by atoms with E-state index in [0.717, 1.165) is 14.6 Å². The number of anilines is 1. The Kier molecular flexibility index (Phi) is 5.67. The van der Waals surface area contributed by atoms with E-state index in [4.69, 9.17) is 0 Å². The summed E-state index contributed by atoms with van der Waals surface area (Å²) in [4.78, 5) is 28.5. The summed E-state index contributed by atoms with van der Waals surface area (Å²) in [6.45, 7) is 2.43. The second kappa shape index (κ2) is 8.13. The van der Waals surface area contributed by atoms with E-state index in [2.05, 4.69) is 15.6 Å². The molecule has 0 aliphatic rings. The van der Waals surface area contributed by atoms with Crippen molar-refractivity contribution in [3.8, 4) is 0 Å². The summed E-state index contributed by atoms with van der Waals surface area (Å²) in [5, 5.41) is 5.56. The lowest BCUT2D eigenvalue weighted by Gasteiger charge is -2.07. The van der Waals surface area contributed by atoms with E-state index < -0.39 is 0 Å². The quantitative estimate of drug-likeness (QED) is 0.647. The number of nitrogens with one attached hydrogen (secondary N) is 2. The normalized spacial score (nSPS) is 10.6. The molecule has 5 nitrogen and oxygen atoms in total. The van der Waals surface area contributed by atoms with Crippen LogP contribution in [0.25, 0.3) is 10.2 Å². The van der Waals surface area contributed by atoms with E-state index in [0.29, 0.717) is 17.8 Å². The lowest BCUT2D eigenvalue weighted by atomic mass is 10.2. The van der Waals surface area contributed by atoms with Crippen molar-refractivity contribution >= 4 is 50.8 Å². The number of para-hydroxylation sites is 1. The molecular formula is C18H17N3O2S2. The van der Waals surface area contributed by atoms with Crippen molar-refractivity contribution in [3.63, 3.8) is 0 Å². The Hall–Kier alpha value is -2.38. The Morgan fingerprint density at radius 1 is 1.16 bits per heavy atom. The molecule has 0 saturated carbocycles. The van der Waals surface area contributed by atoms with Gasteiger partial charge in [-0.2, -0.15) is 0 Å². The maximum absolute atomic E-state index is 12.2. The molecule has 0 atom stereocenters. The van der Waals surface area contributed by atoms with Crippen LogP contribution in [-0.2, 0) is 4.79 Å². The Balaban J connectivity index is 1.59. The summed E-state index contributed by atoms with van der Waals surface area (Å²) in [5.74, 6) is -0.00895. The number of nitrogens with zero attached hydrogens (tertiary/aromatic N) is 1. The number of aromatic nitrogens is 1. The molecule has 0 aliphatic heterocycles. The molecule has 1 heterocycles. The van der Waals surface area contributed by atoms with Crippen LogP contribution in [0, 0.1) is 0 Å². The van der Waals surface area contributed by atoms with Crippen LogP contribution in [-0.4, -0.2) is 29.1 Å². The number of thioether (sulfide) groups is 1. The zero-order valence-corrected chi connectivity index (χ0v) is 15.2. The number of carbonyl (C=O) groups is 2. The van der Waals surface area contributed by atoms with Gasteiger partial charge in [0.05, 0.1) is 16.0 Å². The van der Waals surface area contributed by atoms with Crippen molar-refractivity contribution in [2.24, 2.45) is 0 Å². The molecular weight excluding hydrogens is 354 g/mol. The van der Waals surface area contributed by atoms with Crippen molar-refractivity contribution in [1.29, 1.82) is 0 Å². The van der Waals surface area contributed by atoms with Crippen molar-refractivity contribution in [3.05, 3.63) is 54.1 Å². The van der Waals surface area contributed by atoms with Crippen molar-refractivity contribution in [1.82, 2.24) is 10.3 Å². The van der Waals surface area contributed by atoms with Gasteiger partial charge in [0.2, 0.25) is 5.91 Å². The molecule has 25 heavy (non-hydrogen) atoms. The number of hydrogen-bond donors (Lipinski definition) is 2. The predicted molar refractivity (Wildman–Crippen MR) is 103 cm³/mol. The molecule has 0 unspecified atom stereocenters. The van der Waals surface area contributed by atoms with E-state index in [1.165, 1.54) is 11.8 Å². The number of amides is 2. The van der Waals surface area contributed by atoms with Crippen LogP contribution in [0.2, 0.25) is 0 Å². The number of hydrogen-bond acceptors (Lipinski definition) is 5. The Morgan fingerprint density at radius 2 is 2.00 bits per heavy atom. The highest BCUT2D eigenvalue weighted by Crippen LogP contribution is 2.29. The first-order valence-corrected chi connectivity index (χ1v) is 9.62. The lowest BCUT2D eigenvalue weighted by Crippen LogP contribution is -2.23. The van der Waals surface area contributed by atoms with Gasteiger partial charge < -0.3 is 10.6 Å². The standard InChI is InChI=1S/C18H17N3O2S2/c1-2-19-17(23)12-6-5-7-13(10-12)20-16(22)11-24-18-21-14-8-3-4-9-15(14)25-18/h3-10H,2,11H2,1H3,(H,19,23)(H,20,22). The molecule has 0 bridgehead atoms. The second-order valence-electron chi connectivity index (χ2n) is 5.22. The first-order chi connectivity index (χ1) is 12.2. The zero-order chi connectivity index (χ0) is 17.6. The van der Waals surface area contributed by atoms with E-state index in [1.807, 2.05) is 31.2 Å². The van der Waals surface area contributed by atoms with Crippen molar-refractivity contribution in [2.45, 2.75) is 11.3 Å². The fourth-order valence-corrected chi connectivity index (χ4v) is 4.11. The largest absolute Gasteiger partial charge is 0.352 e. The minimum Gasteiger partial charge on any atom is -0.352 e. The highest BCUT2D eigenvalue weighted by molar-refractivity contribution is 8.01. The monoisotopic (exact) mass is 371 g/mol. The maximum Gasteiger partial charge on any atom is 0.251 e. The van der Waals surface area contributed by atoms with Crippen LogP contribution in [0.5, 0.6) is 0 Å². The average molecular weight is 371 g/mol. The zero-order valence-electron chi connectivity index (χ0n) is 13.6. The average Bonchev–Trinajstić information content (AvgIpc) is 3.03. The molecule has 1 aromatic heterocycles. The van der Waals surface area contributed by atoms with Gasteiger partial charge in [0.25, 0.3) is 5.91 Å². The Morgan fingerprint density at radius 3 is 2.80 bits per heavy atom. The van der Waals surface area contributed by atoms with Gasteiger partial charge in [0.1, 0.15) is 0 Å². The third-order valence-electron chi connectivity index (χ3n) is 3.35. The fraction of sp³-hybridized carbons (Fsp3) is 0.167. The van der Waals surface area contributed by atoms with Gasteiger partial charge in [0, 0.05) is 17.8 Å². The molecule has 7 heteroatoms. The van der Waals surface area contributed by atoms with Gasteiger partial charge in [-0.25, -0.2) is 4.98 Å². The molecule has 3 aromatic rings. The molecule has 0 spiro atoms. The Bertz CT molecular complexity index is 875. The second-order valence-corrected chi connectivity index (χ2v) is 7.48. The number of rotatable bonds is 6. The van der Waals surface area contributed by atoms with Gasteiger partial charge in [-0.05, 0) is 37.3 Å². The minimum atomic E-state index is -0.151. The smallest absolute Gasteiger partial charge is 0.251 e. The van der Waals surface area contributed by atoms with Gasteiger partial charge in [-0.15, -0.1) is 11.3 Å². The minimum absolute atomic E-state index is 0.127. The van der Waals surface area contributed by atoms with Gasteiger partial charge in [-0.1, -0.05) is 30.0 Å². The number of benzene rings is 2. The highest BCUT2D eigenvalue weighted by atomic mass is 32.2. The van der Waals surface area contributed by atoms with Gasteiger partial charge in [-0.3, -0.25) is 9.59 Å². The first kappa shape index (κ1) is 17.4. The third-order valence-corrected chi connectivity index (χ3v) is 5.53. The van der Waals surface area contributed by atoms with E-state index >= 15 is 0 Å². The van der Waals surface area contributed by atoms with Crippen LogP contribution in [0.4, 0.5) is 5.69 Å². The van der Waals surface area contributed by atoms with E-state index in [1.54, 1.807) is 35.6 Å². The summed E-state index contributed by atoms with van der Waals surface area (Å²) in [6, 6.07) is 14.8. The summed E-state index contributed by atoms with van der Waals surface area (Å²) < 4.78 is 1.98. The van der Waals surface area contributed by atoms with Crippen LogP contribution in [0.15, 0.2) is 52.9 Å². The van der Waals surface area contributed by atoms with Crippen LogP contribution >= 0.6 is 23.1 Å². The van der Waals surface area contributed by atoms with Crippen LogP contribution in [0.1, 0.15) is 17.3 Å². The molecule has 2 aromatic carbocycles. The van der Waals surface area contributed by atoms with Crippen molar-refractivity contribution < 1.29 is 9.59 Å². The molecule has 128 valence electrons. The molecule has 0 fully saturated rings. The number of fused-ring (bicyclic) bond motifs is 1. The SMILES string of the molecule is CCNC(=O)c1cccc(NC(=O)CSc2nc3ccccc3s2)c1. The third kappa shape index (κ3) is 4.58. The lowest BCUT2D eigenvalue weighted by molar-refractivity contribution is -0.113. The predicted octanol–water partition coefficient (Wildman–Crippen LogP) is 3.78. The molecule has 2 amide bonds. The molecule has 2 N–H and O–H groups in total. The summed E-state index contributed by atoms with van der Waals surface area (Å²) in [7, 11) is 0. The number of carbonyl (C=O) groups excluding carboxylic acids is 2. The molecule has 0 aliphatic carbocycles. The number of thiazole rings is 1. The van der Waals surface area contributed by atoms with Crippen LogP contribution in [0.3, 0.4) is 0 Å². The maximum atomic E-state index is 12.2. The van der Waals surface area contributed by atoms with E-state index in [-0.39, 0.29) is 17.6 Å². The van der Waals surface area contributed by atoms with E-state index in [9.17, 15) is 9.59 Å². The Labute approximate surface area is 153 Å².